The van der Waals surface area contributed by atoms with Gasteiger partial charge in [0.2, 0.25) is 0 Å². The van der Waals surface area contributed by atoms with Gasteiger partial charge in [0.05, 0.1) is 5.60 Å². The molecule has 0 bridgehead atoms. The predicted octanol–water partition coefficient (Wildman–Crippen LogP) is 2.95. The van der Waals surface area contributed by atoms with Gasteiger partial charge in [-0.3, -0.25) is 0 Å². The van der Waals surface area contributed by atoms with E-state index in [0.29, 0.717) is 17.9 Å². The van der Waals surface area contributed by atoms with Crippen LogP contribution in [0.5, 0.6) is 0 Å². The monoisotopic (exact) mass is 227 g/mol. The Balaban J connectivity index is 2.40. The van der Waals surface area contributed by atoms with Crippen molar-refractivity contribution in [1.29, 1.82) is 0 Å². The van der Waals surface area contributed by atoms with Gasteiger partial charge in [0.1, 0.15) is 0 Å². The van der Waals surface area contributed by atoms with Crippen LogP contribution in [0.3, 0.4) is 0 Å². The third kappa shape index (κ3) is 4.06. The molecule has 3 unspecified atom stereocenters. The summed E-state index contributed by atoms with van der Waals surface area (Å²) < 4.78 is 0. The lowest BCUT2D eigenvalue weighted by atomic mass is 9.78. The third-order valence-corrected chi connectivity index (χ3v) is 4.01. The Morgan fingerprint density at radius 1 is 1.44 bits per heavy atom. The van der Waals surface area contributed by atoms with Gasteiger partial charge >= 0.3 is 0 Å². The van der Waals surface area contributed by atoms with Crippen LogP contribution in [0.25, 0.3) is 0 Å². The van der Waals surface area contributed by atoms with Crippen molar-refractivity contribution in [2.24, 2.45) is 11.8 Å². The van der Waals surface area contributed by atoms with E-state index in [1.807, 2.05) is 0 Å². The fraction of sp³-hybridized carbons (Fsp3) is 1.00. The van der Waals surface area contributed by atoms with E-state index >= 15 is 0 Å². The minimum absolute atomic E-state index is 0.444. The summed E-state index contributed by atoms with van der Waals surface area (Å²) >= 11 is 0. The summed E-state index contributed by atoms with van der Waals surface area (Å²) in [6.07, 6.45) is 5.54. The van der Waals surface area contributed by atoms with Crippen molar-refractivity contribution in [2.75, 3.05) is 6.54 Å². The SMILES string of the molecule is CCC(NCC1(O)CCCC(C)C1)C(C)C. The molecule has 0 aromatic heterocycles. The molecule has 0 radical (unpaired) electrons. The maximum absolute atomic E-state index is 10.5. The molecule has 2 N–H and O–H groups in total. The Hall–Kier alpha value is -0.0800. The van der Waals surface area contributed by atoms with Crippen LogP contribution in [0.4, 0.5) is 0 Å². The molecule has 0 aliphatic heterocycles. The Kier molecular flexibility index (Phi) is 5.26. The second-order valence-corrected chi connectivity index (χ2v) is 6.07. The van der Waals surface area contributed by atoms with E-state index in [9.17, 15) is 5.11 Å². The van der Waals surface area contributed by atoms with Crippen molar-refractivity contribution in [3.63, 3.8) is 0 Å². The summed E-state index contributed by atoms with van der Waals surface area (Å²) in [6.45, 7) is 9.73. The Morgan fingerprint density at radius 2 is 2.12 bits per heavy atom. The normalized spacial score (nSPS) is 33.0. The van der Waals surface area contributed by atoms with Crippen molar-refractivity contribution < 1.29 is 5.11 Å². The van der Waals surface area contributed by atoms with E-state index in [1.165, 1.54) is 12.8 Å². The molecule has 2 heteroatoms. The molecule has 1 saturated carbocycles. The topological polar surface area (TPSA) is 32.3 Å². The molecule has 0 aromatic rings. The van der Waals surface area contributed by atoms with Crippen LogP contribution in [0.2, 0.25) is 0 Å². The highest BCUT2D eigenvalue weighted by Gasteiger charge is 2.32. The van der Waals surface area contributed by atoms with Crippen molar-refractivity contribution in [2.45, 2.75) is 71.4 Å². The molecule has 0 spiro atoms. The quantitative estimate of drug-likeness (QED) is 0.757. The maximum Gasteiger partial charge on any atom is 0.0774 e. The van der Waals surface area contributed by atoms with E-state index in [2.05, 4.69) is 33.0 Å². The van der Waals surface area contributed by atoms with E-state index in [-0.39, 0.29) is 0 Å². The predicted molar refractivity (Wildman–Crippen MR) is 69.5 cm³/mol. The lowest BCUT2D eigenvalue weighted by Gasteiger charge is -2.37. The zero-order valence-corrected chi connectivity index (χ0v) is 11.4. The maximum atomic E-state index is 10.5. The van der Waals surface area contributed by atoms with Crippen LogP contribution in [0.1, 0.15) is 59.8 Å². The van der Waals surface area contributed by atoms with Crippen LogP contribution in [0, 0.1) is 11.8 Å². The van der Waals surface area contributed by atoms with Gasteiger partial charge in [-0.1, -0.05) is 40.5 Å². The fourth-order valence-corrected chi connectivity index (χ4v) is 2.97. The Bertz CT molecular complexity index is 205. The van der Waals surface area contributed by atoms with Crippen molar-refractivity contribution in [1.82, 2.24) is 5.32 Å². The van der Waals surface area contributed by atoms with Gasteiger partial charge in [0, 0.05) is 12.6 Å². The first-order chi connectivity index (χ1) is 7.47. The molecule has 0 heterocycles. The summed E-state index contributed by atoms with van der Waals surface area (Å²) in [5.41, 5.74) is -0.444. The zero-order valence-electron chi connectivity index (χ0n) is 11.4. The minimum Gasteiger partial charge on any atom is -0.389 e. The first-order valence-corrected chi connectivity index (χ1v) is 6.92. The van der Waals surface area contributed by atoms with Crippen molar-refractivity contribution in [3.05, 3.63) is 0 Å². The van der Waals surface area contributed by atoms with Crippen LogP contribution >= 0.6 is 0 Å². The largest absolute Gasteiger partial charge is 0.389 e. The minimum atomic E-state index is -0.444. The summed E-state index contributed by atoms with van der Waals surface area (Å²) in [4.78, 5) is 0. The highest BCUT2D eigenvalue weighted by molar-refractivity contribution is 4.88. The molecule has 2 nitrogen and oxygen atoms in total. The molecule has 1 fully saturated rings. The van der Waals surface area contributed by atoms with E-state index in [4.69, 9.17) is 0 Å². The van der Waals surface area contributed by atoms with Crippen molar-refractivity contribution >= 4 is 0 Å². The smallest absolute Gasteiger partial charge is 0.0774 e. The van der Waals surface area contributed by atoms with E-state index in [1.54, 1.807) is 0 Å². The number of rotatable bonds is 5. The molecule has 1 rings (SSSR count). The lowest BCUT2D eigenvalue weighted by Crippen LogP contribution is -2.48. The summed E-state index contributed by atoms with van der Waals surface area (Å²) in [6, 6.07) is 0.543. The van der Waals surface area contributed by atoms with Gasteiger partial charge in [0.15, 0.2) is 0 Å². The standard InChI is InChI=1S/C14H29NO/c1-5-13(11(2)3)15-10-14(16)8-6-7-12(4)9-14/h11-13,15-16H,5-10H2,1-4H3. The number of nitrogens with one attached hydrogen (secondary N) is 1. The lowest BCUT2D eigenvalue weighted by molar-refractivity contribution is -0.0148. The van der Waals surface area contributed by atoms with Gasteiger partial charge < -0.3 is 10.4 Å². The Labute approximate surface area is 101 Å². The van der Waals surface area contributed by atoms with E-state index < -0.39 is 5.60 Å². The van der Waals surface area contributed by atoms with Gasteiger partial charge in [-0.05, 0) is 31.1 Å². The number of aliphatic hydroxyl groups is 1. The highest BCUT2D eigenvalue weighted by Crippen LogP contribution is 2.31. The number of hydrogen-bond donors (Lipinski definition) is 2. The second-order valence-electron chi connectivity index (χ2n) is 6.07. The molecule has 0 amide bonds. The molecule has 3 atom stereocenters. The molecule has 0 saturated heterocycles. The average Bonchev–Trinajstić information content (AvgIpc) is 2.17. The molecule has 1 aliphatic rings. The molecule has 0 aromatic carbocycles. The second kappa shape index (κ2) is 6.02. The van der Waals surface area contributed by atoms with Gasteiger partial charge in [-0.2, -0.15) is 0 Å². The first-order valence-electron chi connectivity index (χ1n) is 6.92. The number of hydrogen-bond acceptors (Lipinski definition) is 2. The van der Waals surface area contributed by atoms with Crippen LogP contribution < -0.4 is 5.32 Å². The average molecular weight is 227 g/mol. The van der Waals surface area contributed by atoms with Crippen LogP contribution in [-0.4, -0.2) is 23.3 Å². The summed E-state index contributed by atoms with van der Waals surface area (Å²) in [5.74, 6) is 1.33. The van der Waals surface area contributed by atoms with Crippen LogP contribution in [-0.2, 0) is 0 Å². The highest BCUT2D eigenvalue weighted by atomic mass is 16.3. The molecular weight excluding hydrogens is 198 g/mol. The molecule has 16 heavy (non-hydrogen) atoms. The van der Waals surface area contributed by atoms with Gasteiger partial charge in [0.25, 0.3) is 0 Å². The Morgan fingerprint density at radius 3 is 2.62 bits per heavy atom. The van der Waals surface area contributed by atoms with Gasteiger partial charge in [-0.15, -0.1) is 0 Å². The molecule has 1 aliphatic carbocycles. The summed E-state index contributed by atoms with van der Waals surface area (Å²) in [7, 11) is 0. The summed E-state index contributed by atoms with van der Waals surface area (Å²) in [5, 5.41) is 14.1. The van der Waals surface area contributed by atoms with E-state index in [0.717, 1.165) is 25.8 Å². The van der Waals surface area contributed by atoms with Crippen LogP contribution in [0.15, 0.2) is 0 Å². The molecule has 96 valence electrons. The van der Waals surface area contributed by atoms with Gasteiger partial charge in [-0.25, -0.2) is 0 Å². The first kappa shape index (κ1) is 14.0. The fourth-order valence-electron chi connectivity index (χ4n) is 2.97. The van der Waals surface area contributed by atoms with Crippen molar-refractivity contribution in [3.8, 4) is 0 Å². The molecular formula is C14H29NO. The third-order valence-electron chi connectivity index (χ3n) is 4.01. The zero-order chi connectivity index (χ0) is 12.2.